The molecule has 4 nitrogen and oxygen atoms in total. The summed E-state index contributed by atoms with van der Waals surface area (Å²) in [4.78, 5) is 0. The maximum Gasteiger partial charge on any atom is 2.00 e. The molecule has 0 saturated heterocycles. The van der Waals surface area contributed by atoms with E-state index in [-0.39, 0.29) is 49.2 Å². The Morgan fingerprint density at radius 1 is 0.714 bits per heavy atom. The second-order valence-electron chi connectivity index (χ2n) is 3.76. The fraction of sp³-hybridized carbons (Fsp3) is 0.250. The third-order valence-corrected chi connectivity index (χ3v) is 2.30. The van der Waals surface area contributed by atoms with Gasteiger partial charge in [0.2, 0.25) is 0 Å². The summed E-state index contributed by atoms with van der Waals surface area (Å²) >= 11 is 0. The van der Waals surface area contributed by atoms with Crippen LogP contribution in [0, 0.1) is 0 Å². The van der Waals surface area contributed by atoms with Gasteiger partial charge in [-0.2, -0.15) is 0 Å². The Bertz CT molecular complexity index is 470. The van der Waals surface area contributed by atoms with E-state index in [1.54, 1.807) is 36.4 Å². The van der Waals surface area contributed by atoms with Crippen LogP contribution in [0.4, 0.5) is 0 Å². The molecule has 0 heterocycles. The Morgan fingerprint density at radius 2 is 1.05 bits per heavy atom. The number of ether oxygens (including phenoxy) is 2. The zero-order valence-electron chi connectivity index (χ0n) is 12.4. The first kappa shape index (κ1) is 19.9. The van der Waals surface area contributed by atoms with E-state index in [2.05, 4.69) is 0 Å². The average Bonchev–Trinajstić information content (AvgIpc) is 2.45. The van der Waals surface area contributed by atoms with E-state index in [0.29, 0.717) is 24.7 Å². The summed E-state index contributed by atoms with van der Waals surface area (Å²) in [6, 6.07) is 13.3. The number of hydrogen-bond donors (Lipinski definition) is 0. The van der Waals surface area contributed by atoms with E-state index in [0.717, 1.165) is 0 Å². The van der Waals surface area contributed by atoms with Crippen molar-refractivity contribution in [1.29, 1.82) is 0 Å². The van der Waals surface area contributed by atoms with Crippen molar-refractivity contribution in [2.45, 2.75) is 13.8 Å². The molecule has 0 N–H and O–H groups in total. The molecule has 0 amide bonds. The summed E-state index contributed by atoms with van der Waals surface area (Å²) in [7, 11) is 0. The molecule has 2 aromatic carbocycles. The zero-order chi connectivity index (χ0) is 14.8. The molecule has 0 saturated carbocycles. The minimum atomic E-state index is -0.0515. The smallest absolute Gasteiger partial charge is 0.870 e. The molecular weight excluding hydrogens is 296 g/mol. The van der Waals surface area contributed by atoms with Gasteiger partial charge in [0.25, 0.3) is 0 Å². The van der Waals surface area contributed by atoms with Crippen molar-refractivity contribution in [3.05, 3.63) is 48.5 Å². The van der Waals surface area contributed by atoms with Crippen LogP contribution in [0.15, 0.2) is 48.5 Å². The molecule has 0 bridgehead atoms. The molecule has 0 aliphatic heterocycles. The monoisotopic (exact) mass is 314 g/mol. The van der Waals surface area contributed by atoms with Crippen LogP contribution in [0.5, 0.6) is 23.0 Å². The van der Waals surface area contributed by atoms with Gasteiger partial charge in [-0.1, -0.05) is 47.9 Å². The van der Waals surface area contributed by atoms with Crippen LogP contribution < -0.4 is 19.7 Å². The number of benzene rings is 2. The van der Waals surface area contributed by atoms with Gasteiger partial charge in [-0.25, -0.2) is 0 Å². The van der Waals surface area contributed by atoms with E-state index in [9.17, 15) is 10.2 Å². The van der Waals surface area contributed by atoms with Crippen LogP contribution in [0.25, 0.3) is 0 Å². The van der Waals surface area contributed by atoms with E-state index in [1.165, 1.54) is 12.1 Å². The van der Waals surface area contributed by atoms with Crippen LogP contribution in [0.1, 0.15) is 13.8 Å². The van der Waals surface area contributed by atoms with Crippen LogP contribution in [-0.4, -0.2) is 51.0 Å². The minimum Gasteiger partial charge on any atom is -0.870 e. The summed E-state index contributed by atoms with van der Waals surface area (Å²) in [6.07, 6.45) is 0. The predicted molar refractivity (Wildman–Crippen MR) is 79.9 cm³/mol. The molecular formula is C16H18CaO4. The third-order valence-electron chi connectivity index (χ3n) is 2.30. The molecule has 0 radical (unpaired) electrons. The third kappa shape index (κ3) is 7.46. The second kappa shape index (κ2) is 11.5. The molecule has 5 heteroatoms. The Balaban J connectivity index is 0.000000364. The molecule has 0 atom stereocenters. The van der Waals surface area contributed by atoms with Gasteiger partial charge in [0, 0.05) is 0 Å². The van der Waals surface area contributed by atoms with Crippen molar-refractivity contribution in [3.63, 3.8) is 0 Å². The quantitative estimate of drug-likeness (QED) is 0.809. The van der Waals surface area contributed by atoms with Crippen molar-refractivity contribution in [2.24, 2.45) is 0 Å². The van der Waals surface area contributed by atoms with Crippen molar-refractivity contribution < 1.29 is 19.7 Å². The zero-order valence-corrected chi connectivity index (χ0v) is 14.6. The Hall–Kier alpha value is -1.10. The number of para-hydroxylation sites is 4. The van der Waals surface area contributed by atoms with E-state index >= 15 is 0 Å². The molecule has 0 fully saturated rings. The summed E-state index contributed by atoms with van der Waals surface area (Å²) < 4.78 is 10.0. The minimum absolute atomic E-state index is 0. The van der Waals surface area contributed by atoms with Gasteiger partial charge in [-0.15, -0.1) is 0 Å². The Morgan fingerprint density at radius 3 is 1.33 bits per heavy atom. The molecule has 0 spiro atoms. The summed E-state index contributed by atoms with van der Waals surface area (Å²) in [5.41, 5.74) is 0. The number of hydrogen-bond acceptors (Lipinski definition) is 4. The van der Waals surface area contributed by atoms with E-state index in [4.69, 9.17) is 9.47 Å². The van der Waals surface area contributed by atoms with Crippen molar-refractivity contribution in [1.82, 2.24) is 0 Å². The maximum atomic E-state index is 10.9. The predicted octanol–water partition coefficient (Wildman–Crippen LogP) is 1.94. The standard InChI is InChI=1S/2C8H10O2.Ca/c2*1-2-10-8-6-4-3-5-7(8)9;/h2*3-6,9H,2H2,1H3;/q;;+2/p-2. The van der Waals surface area contributed by atoms with Gasteiger partial charge >= 0.3 is 37.7 Å². The first-order chi connectivity index (χ1) is 9.69. The Labute approximate surface area is 155 Å². The first-order valence-electron chi connectivity index (χ1n) is 6.46. The van der Waals surface area contributed by atoms with Crippen LogP contribution in [0.2, 0.25) is 0 Å². The van der Waals surface area contributed by atoms with E-state index in [1.807, 2.05) is 13.8 Å². The van der Waals surface area contributed by atoms with Crippen LogP contribution >= 0.6 is 0 Å². The number of rotatable bonds is 4. The molecule has 0 aromatic heterocycles. The Kier molecular flexibility index (Phi) is 10.9. The summed E-state index contributed by atoms with van der Waals surface area (Å²) in [5.74, 6) is 0.767. The molecule has 108 valence electrons. The second-order valence-corrected chi connectivity index (χ2v) is 3.76. The first-order valence-corrected chi connectivity index (χ1v) is 6.46. The topological polar surface area (TPSA) is 64.6 Å². The van der Waals surface area contributed by atoms with Gasteiger partial charge in [-0.3, -0.25) is 0 Å². The van der Waals surface area contributed by atoms with Crippen molar-refractivity contribution in [3.8, 4) is 23.0 Å². The van der Waals surface area contributed by atoms with Gasteiger partial charge in [-0.05, 0) is 26.0 Å². The van der Waals surface area contributed by atoms with E-state index < -0.39 is 0 Å². The van der Waals surface area contributed by atoms with Crippen molar-refractivity contribution in [2.75, 3.05) is 13.2 Å². The molecule has 0 unspecified atom stereocenters. The van der Waals surface area contributed by atoms with Gasteiger partial charge in [0.15, 0.2) is 0 Å². The summed E-state index contributed by atoms with van der Waals surface area (Å²) in [6.45, 7) is 4.79. The molecule has 0 aliphatic carbocycles. The van der Waals surface area contributed by atoms with Crippen LogP contribution in [0.3, 0.4) is 0 Å². The SMILES string of the molecule is CCOc1ccccc1[O-].CCOc1ccccc1[O-].[Ca+2]. The molecule has 2 aromatic rings. The normalized spacial score (nSPS) is 8.86. The van der Waals surface area contributed by atoms with Crippen LogP contribution in [-0.2, 0) is 0 Å². The maximum absolute atomic E-state index is 10.9. The van der Waals surface area contributed by atoms with Gasteiger partial charge in [0.05, 0.1) is 13.2 Å². The largest absolute Gasteiger partial charge is 2.00 e. The fourth-order valence-corrected chi connectivity index (χ4v) is 1.45. The fourth-order valence-electron chi connectivity index (χ4n) is 1.45. The van der Waals surface area contributed by atoms with Crippen molar-refractivity contribution >= 4 is 37.7 Å². The molecule has 21 heavy (non-hydrogen) atoms. The van der Waals surface area contributed by atoms with Gasteiger partial charge < -0.3 is 19.7 Å². The average molecular weight is 314 g/mol. The molecule has 0 aliphatic rings. The molecule has 2 rings (SSSR count). The summed E-state index contributed by atoms with van der Waals surface area (Å²) in [5, 5.41) is 21.8. The van der Waals surface area contributed by atoms with Gasteiger partial charge in [0.1, 0.15) is 11.5 Å².